The normalized spacial score (nSPS) is 11.2. The molecule has 0 spiro atoms. The van der Waals surface area contributed by atoms with E-state index in [4.69, 9.17) is 4.74 Å². The van der Waals surface area contributed by atoms with Gasteiger partial charge in [-0.25, -0.2) is 4.98 Å². The largest absolute Gasteiger partial charge is 0.495 e. The van der Waals surface area contributed by atoms with Gasteiger partial charge in [-0.2, -0.15) is 4.52 Å². The number of benzene rings is 2. The standard InChI is InChI=1S/C22H23N5O3S/c1-13(2)10-11-23-19(28)14-8-9-15-17(12-14)25-22-27(20(15)29)26-21(31-22)24-16-6-4-5-7-18(16)30-3/h4-9,12-13H,10-11H2,1-3H3,(H,23,28)(H,24,26). The first-order chi connectivity index (χ1) is 15.0. The third-order valence-electron chi connectivity index (χ3n) is 4.81. The molecule has 9 heteroatoms. The molecule has 8 nitrogen and oxygen atoms in total. The molecule has 2 aromatic carbocycles. The highest BCUT2D eigenvalue weighted by Crippen LogP contribution is 2.29. The van der Waals surface area contributed by atoms with E-state index < -0.39 is 0 Å². The maximum absolute atomic E-state index is 12.9. The molecule has 0 unspecified atom stereocenters. The molecule has 0 radical (unpaired) electrons. The fraction of sp³-hybridized carbons (Fsp3) is 0.273. The van der Waals surface area contributed by atoms with Gasteiger partial charge in [0.2, 0.25) is 10.1 Å². The van der Waals surface area contributed by atoms with Crippen molar-refractivity contribution in [2.75, 3.05) is 19.0 Å². The minimum atomic E-state index is -0.281. The van der Waals surface area contributed by atoms with Crippen molar-refractivity contribution in [2.45, 2.75) is 20.3 Å². The molecule has 0 aliphatic carbocycles. The van der Waals surface area contributed by atoms with Gasteiger partial charge in [0.05, 0.1) is 23.7 Å². The highest BCUT2D eigenvalue weighted by Gasteiger charge is 2.14. The Morgan fingerprint density at radius 1 is 1.23 bits per heavy atom. The second-order valence-corrected chi connectivity index (χ2v) is 8.47. The van der Waals surface area contributed by atoms with Crippen LogP contribution in [0.4, 0.5) is 10.8 Å². The predicted octanol–water partition coefficient (Wildman–Crippen LogP) is 3.83. The van der Waals surface area contributed by atoms with Gasteiger partial charge >= 0.3 is 0 Å². The molecule has 160 valence electrons. The van der Waals surface area contributed by atoms with Gasteiger partial charge < -0.3 is 15.4 Å². The zero-order valence-corrected chi connectivity index (χ0v) is 18.3. The first-order valence-corrected chi connectivity index (χ1v) is 10.8. The first kappa shape index (κ1) is 20.8. The number of aromatic nitrogens is 3. The number of anilines is 2. The minimum Gasteiger partial charge on any atom is -0.495 e. The van der Waals surface area contributed by atoms with Crippen LogP contribution in [0.3, 0.4) is 0 Å². The van der Waals surface area contributed by atoms with Crippen LogP contribution in [0.1, 0.15) is 30.6 Å². The fourth-order valence-electron chi connectivity index (χ4n) is 3.14. The van der Waals surface area contributed by atoms with Gasteiger partial charge in [-0.1, -0.05) is 37.3 Å². The van der Waals surface area contributed by atoms with Crippen molar-refractivity contribution in [1.82, 2.24) is 19.9 Å². The van der Waals surface area contributed by atoms with Crippen LogP contribution < -0.4 is 20.9 Å². The minimum absolute atomic E-state index is 0.174. The van der Waals surface area contributed by atoms with Gasteiger partial charge in [0.1, 0.15) is 5.75 Å². The number of hydrogen-bond acceptors (Lipinski definition) is 7. The molecule has 31 heavy (non-hydrogen) atoms. The monoisotopic (exact) mass is 437 g/mol. The second-order valence-electron chi connectivity index (χ2n) is 7.51. The molecule has 0 atom stereocenters. The molecular weight excluding hydrogens is 414 g/mol. The number of hydrogen-bond donors (Lipinski definition) is 2. The summed E-state index contributed by atoms with van der Waals surface area (Å²) in [5.41, 5.74) is 1.40. The van der Waals surface area contributed by atoms with E-state index in [0.29, 0.717) is 44.8 Å². The molecule has 0 bridgehead atoms. The number of carbonyl (C=O) groups excluding carboxylic acids is 1. The number of para-hydroxylation sites is 2. The molecule has 0 aliphatic heterocycles. The Bertz CT molecular complexity index is 1310. The lowest BCUT2D eigenvalue weighted by molar-refractivity contribution is 0.0952. The summed E-state index contributed by atoms with van der Waals surface area (Å²) in [6.07, 6.45) is 0.905. The topological polar surface area (TPSA) is 97.6 Å². The Labute approximate surface area is 182 Å². The number of rotatable bonds is 7. The van der Waals surface area contributed by atoms with Crippen molar-refractivity contribution in [2.24, 2.45) is 5.92 Å². The second kappa shape index (κ2) is 8.73. The number of amides is 1. The van der Waals surface area contributed by atoms with Gasteiger partial charge in [-0.05, 0) is 42.7 Å². The van der Waals surface area contributed by atoms with E-state index in [1.54, 1.807) is 25.3 Å². The van der Waals surface area contributed by atoms with Gasteiger partial charge in [0, 0.05) is 12.1 Å². The third kappa shape index (κ3) is 4.36. The number of methoxy groups -OCH3 is 1. The Morgan fingerprint density at radius 3 is 2.81 bits per heavy atom. The molecule has 2 heterocycles. The van der Waals surface area contributed by atoms with Crippen LogP contribution in [0.2, 0.25) is 0 Å². The van der Waals surface area contributed by atoms with Crippen molar-refractivity contribution < 1.29 is 9.53 Å². The maximum atomic E-state index is 12.9. The van der Waals surface area contributed by atoms with E-state index in [1.165, 1.54) is 15.9 Å². The van der Waals surface area contributed by atoms with Crippen LogP contribution in [0.15, 0.2) is 47.3 Å². The van der Waals surface area contributed by atoms with Gasteiger partial charge in [0.25, 0.3) is 11.5 Å². The molecule has 4 aromatic rings. The lowest BCUT2D eigenvalue weighted by Gasteiger charge is -2.07. The Kier molecular flexibility index (Phi) is 5.85. The van der Waals surface area contributed by atoms with Crippen LogP contribution in [0, 0.1) is 5.92 Å². The summed E-state index contributed by atoms with van der Waals surface area (Å²) in [6, 6.07) is 12.4. The van der Waals surface area contributed by atoms with Crippen LogP contribution in [-0.4, -0.2) is 34.2 Å². The van der Waals surface area contributed by atoms with E-state index in [9.17, 15) is 9.59 Å². The van der Waals surface area contributed by atoms with Crippen LogP contribution in [0.25, 0.3) is 15.9 Å². The molecule has 2 N–H and O–H groups in total. The van der Waals surface area contributed by atoms with Crippen molar-refractivity contribution in [3.63, 3.8) is 0 Å². The summed E-state index contributed by atoms with van der Waals surface area (Å²) in [6.45, 7) is 4.82. The van der Waals surface area contributed by atoms with E-state index in [1.807, 2.05) is 24.3 Å². The summed E-state index contributed by atoms with van der Waals surface area (Å²) >= 11 is 1.25. The average Bonchev–Trinajstić information content (AvgIpc) is 3.16. The molecule has 1 amide bonds. The summed E-state index contributed by atoms with van der Waals surface area (Å²) in [4.78, 5) is 30.4. The maximum Gasteiger partial charge on any atom is 0.283 e. The lowest BCUT2D eigenvalue weighted by Crippen LogP contribution is -2.25. The Morgan fingerprint density at radius 2 is 2.03 bits per heavy atom. The number of ether oxygens (including phenoxy) is 1. The molecule has 0 saturated carbocycles. The van der Waals surface area contributed by atoms with Crippen LogP contribution in [0.5, 0.6) is 5.75 Å². The van der Waals surface area contributed by atoms with E-state index in [-0.39, 0.29) is 11.5 Å². The molecule has 0 aliphatic rings. The lowest BCUT2D eigenvalue weighted by atomic mass is 10.1. The quantitative estimate of drug-likeness (QED) is 0.456. The smallest absolute Gasteiger partial charge is 0.283 e. The van der Waals surface area contributed by atoms with E-state index >= 15 is 0 Å². The Balaban J connectivity index is 1.66. The van der Waals surface area contributed by atoms with Crippen LogP contribution in [-0.2, 0) is 0 Å². The third-order valence-corrected chi connectivity index (χ3v) is 5.64. The summed E-state index contributed by atoms with van der Waals surface area (Å²) < 4.78 is 6.62. The zero-order valence-electron chi connectivity index (χ0n) is 17.5. The summed E-state index contributed by atoms with van der Waals surface area (Å²) in [5.74, 6) is 1.00. The fourth-order valence-corrected chi connectivity index (χ4v) is 3.95. The number of nitrogens with one attached hydrogen (secondary N) is 2. The van der Waals surface area contributed by atoms with Crippen molar-refractivity contribution in [3.8, 4) is 5.75 Å². The van der Waals surface area contributed by atoms with Crippen molar-refractivity contribution in [1.29, 1.82) is 0 Å². The number of carbonyl (C=O) groups is 1. The zero-order chi connectivity index (χ0) is 22.0. The molecule has 0 saturated heterocycles. The van der Waals surface area contributed by atoms with Crippen LogP contribution >= 0.6 is 11.3 Å². The average molecular weight is 438 g/mol. The first-order valence-electron chi connectivity index (χ1n) is 9.98. The van der Waals surface area contributed by atoms with Gasteiger partial charge in [0.15, 0.2) is 0 Å². The summed E-state index contributed by atoms with van der Waals surface area (Å²) in [7, 11) is 1.59. The van der Waals surface area contributed by atoms with E-state index in [0.717, 1.165) is 12.1 Å². The molecule has 0 fully saturated rings. The van der Waals surface area contributed by atoms with Gasteiger partial charge in [-0.15, -0.1) is 5.10 Å². The predicted molar refractivity (Wildman–Crippen MR) is 123 cm³/mol. The van der Waals surface area contributed by atoms with Gasteiger partial charge in [-0.3, -0.25) is 9.59 Å². The van der Waals surface area contributed by atoms with E-state index in [2.05, 4.69) is 34.6 Å². The molecule has 4 rings (SSSR count). The molecular formula is C22H23N5O3S. The SMILES string of the molecule is COc1ccccc1Nc1nn2c(=O)c3ccc(C(=O)NCCC(C)C)cc3nc2s1. The summed E-state index contributed by atoms with van der Waals surface area (Å²) in [5, 5.41) is 11.4. The van der Waals surface area contributed by atoms with Crippen molar-refractivity contribution >= 4 is 43.9 Å². The number of fused-ring (bicyclic) bond motifs is 2. The highest BCUT2D eigenvalue weighted by molar-refractivity contribution is 7.20. The highest BCUT2D eigenvalue weighted by atomic mass is 32.1. The Hall–Kier alpha value is -3.46. The number of nitrogens with zero attached hydrogens (tertiary/aromatic N) is 3. The van der Waals surface area contributed by atoms with Crippen molar-refractivity contribution in [3.05, 3.63) is 58.4 Å². The molecule has 2 aromatic heterocycles.